The summed E-state index contributed by atoms with van der Waals surface area (Å²) in [7, 11) is -3.79. The van der Waals surface area contributed by atoms with E-state index in [-0.39, 0.29) is 48.8 Å². The average molecular weight is 382 g/mol. The van der Waals surface area contributed by atoms with Crippen LogP contribution in [0.25, 0.3) is 0 Å². The number of carbonyl (C=O) groups is 2. The minimum absolute atomic E-state index is 0.0455. The maximum Gasteiger partial charge on any atom is 0.243 e. The molecule has 0 spiro atoms. The van der Waals surface area contributed by atoms with Gasteiger partial charge in [-0.1, -0.05) is 6.07 Å². The Morgan fingerprint density at radius 3 is 2.92 bits per heavy atom. The molecule has 0 saturated carbocycles. The predicted molar refractivity (Wildman–Crippen MR) is 94.1 cm³/mol. The van der Waals surface area contributed by atoms with Crippen molar-refractivity contribution >= 4 is 27.5 Å². The van der Waals surface area contributed by atoms with E-state index in [1.165, 1.54) is 12.1 Å². The Hall–Kier alpha value is -2.01. The molecular formula is C16H22N4O5S. The molecule has 9 nitrogen and oxygen atoms in total. The second kappa shape index (κ2) is 8.12. The number of hydrogen-bond donors (Lipinski definition) is 3. The lowest BCUT2D eigenvalue weighted by Gasteiger charge is -2.26. The third kappa shape index (κ3) is 4.58. The number of ether oxygens (including phenoxy) is 1. The van der Waals surface area contributed by atoms with E-state index in [0.29, 0.717) is 25.4 Å². The van der Waals surface area contributed by atoms with Crippen molar-refractivity contribution in [2.24, 2.45) is 0 Å². The quantitative estimate of drug-likeness (QED) is 0.609. The Labute approximate surface area is 152 Å². The lowest BCUT2D eigenvalue weighted by atomic mass is 10.2. The van der Waals surface area contributed by atoms with Gasteiger partial charge in [-0.15, -0.1) is 0 Å². The van der Waals surface area contributed by atoms with Crippen molar-refractivity contribution in [3.8, 4) is 0 Å². The number of benzene rings is 1. The van der Waals surface area contributed by atoms with Crippen molar-refractivity contribution in [2.45, 2.75) is 17.4 Å². The van der Waals surface area contributed by atoms with Crippen LogP contribution in [-0.4, -0.2) is 70.0 Å². The van der Waals surface area contributed by atoms with Crippen LogP contribution < -0.4 is 16.0 Å². The van der Waals surface area contributed by atoms with Crippen molar-refractivity contribution in [1.82, 2.24) is 14.9 Å². The van der Waals surface area contributed by atoms with Crippen LogP contribution in [0, 0.1) is 0 Å². The summed E-state index contributed by atoms with van der Waals surface area (Å²) < 4.78 is 31.8. The number of carbonyl (C=O) groups excluding carboxylic acids is 2. The van der Waals surface area contributed by atoms with E-state index >= 15 is 0 Å². The molecule has 0 radical (unpaired) electrons. The molecule has 2 aliphatic rings. The molecule has 2 saturated heterocycles. The molecule has 2 aliphatic heterocycles. The van der Waals surface area contributed by atoms with E-state index in [0.717, 1.165) is 4.31 Å². The number of rotatable bonds is 5. The molecule has 1 aromatic rings. The Morgan fingerprint density at radius 1 is 1.35 bits per heavy atom. The van der Waals surface area contributed by atoms with Gasteiger partial charge in [0.05, 0.1) is 24.7 Å². The molecule has 3 rings (SSSR count). The maximum atomic E-state index is 12.7. The summed E-state index contributed by atoms with van der Waals surface area (Å²) in [5, 5.41) is 8.50. The smallest absolute Gasteiger partial charge is 0.243 e. The van der Waals surface area contributed by atoms with Crippen molar-refractivity contribution in [1.29, 1.82) is 0 Å². The molecule has 2 amide bonds. The monoisotopic (exact) mass is 382 g/mol. The molecule has 1 atom stereocenters. The second-order valence-electron chi connectivity index (χ2n) is 6.19. The highest BCUT2D eigenvalue weighted by Crippen LogP contribution is 2.20. The molecule has 0 aliphatic carbocycles. The fourth-order valence-electron chi connectivity index (χ4n) is 2.89. The van der Waals surface area contributed by atoms with Crippen LogP contribution in [0.4, 0.5) is 5.69 Å². The van der Waals surface area contributed by atoms with Crippen LogP contribution in [0.2, 0.25) is 0 Å². The fourth-order valence-corrected chi connectivity index (χ4v) is 4.33. The van der Waals surface area contributed by atoms with Crippen LogP contribution in [0.15, 0.2) is 29.2 Å². The summed E-state index contributed by atoms with van der Waals surface area (Å²) >= 11 is 0. The number of morpholine rings is 1. The van der Waals surface area contributed by atoms with Gasteiger partial charge in [0.25, 0.3) is 0 Å². The molecule has 142 valence electrons. The lowest BCUT2D eigenvalue weighted by Crippen LogP contribution is -2.49. The molecule has 2 heterocycles. The number of amides is 2. The van der Waals surface area contributed by atoms with Gasteiger partial charge in [0, 0.05) is 37.8 Å². The summed E-state index contributed by atoms with van der Waals surface area (Å²) in [5.41, 5.74) is 0.397. The van der Waals surface area contributed by atoms with Crippen LogP contribution in [0.5, 0.6) is 0 Å². The Kier molecular flexibility index (Phi) is 5.87. The van der Waals surface area contributed by atoms with Gasteiger partial charge < -0.3 is 20.7 Å². The highest BCUT2D eigenvalue weighted by Gasteiger charge is 2.29. The zero-order valence-corrected chi connectivity index (χ0v) is 15.0. The number of hydrogen-bond acceptors (Lipinski definition) is 6. The van der Waals surface area contributed by atoms with E-state index in [9.17, 15) is 18.0 Å². The van der Waals surface area contributed by atoms with Crippen LogP contribution in [-0.2, 0) is 24.3 Å². The number of piperazine rings is 1. The minimum Gasteiger partial charge on any atom is -0.378 e. The van der Waals surface area contributed by atoms with Gasteiger partial charge >= 0.3 is 0 Å². The zero-order valence-electron chi connectivity index (χ0n) is 14.2. The van der Waals surface area contributed by atoms with E-state index in [4.69, 9.17) is 4.74 Å². The molecular weight excluding hydrogens is 360 g/mol. The first-order valence-corrected chi connectivity index (χ1v) is 9.87. The van der Waals surface area contributed by atoms with Gasteiger partial charge in [0.2, 0.25) is 21.8 Å². The van der Waals surface area contributed by atoms with Crippen LogP contribution in [0.3, 0.4) is 0 Å². The molecule has 1 unspecified atom stereocenters. The number of anilines is 1. The van der Waals surface area contributed by atoms with Crippen molar-refractivity contribution < 1.29 is 22.7 Å². The summed E-state index contributed by atoms with van der Waals surface area (Å²) in [6.45, 7) is 2.11. The third-order valence-electron chi connectivity index (χ3n) is 4.19. The van der Waals surface area contributed by atoms with Gasteiger partial charge in [-0.2, -0.15) is 4.31 Å². The molecule has 1 aromatic carbocycles. The highest BCUT2D eigenvalue weighted by atomic mass is 32.2. The van der Waals surface area contributed by atoms with Gasteiger partial charge in [0.15, 0.2) is 0 Å². The van der Waals surface area contributed by atoms with E-state index < -0.39 is 10.0 Å². The van der Waals surface area contributed by atoms with E-state index in [1.54, 1.807) is 12.1 Å². The van der Waals surface area contributed by atoms with Gasteiger partial charge in [-0.05, 0) is 18.2 Å². The van der Waals surface area contributed by atoms with Gasteiger partial charge in [-0.25, -0.2) is 8.42 Å². The van der Waals surface area contributed by atoms with E-state index in [1.807, 2.05) is 0 Å². The first-order valence-electron chi connectivity index (χ1n) is 8.43. The topological polar surface area (TPSA) is 117 Å². The SMILES string of the molecule is O=C1CN(S(=O)(=O)c2cccc(NC(=O)CC3COCCN3)c2)CCN1. The molecule has 10 heteroatoms. The first-order chi connectivity index (χ1) is 12.4. The fraction of sp³-hybridized carbons (Fsp3) is 0.500. The minimum atomic E-state index is -3.79. The lowest BCUT2D eigenvalue weighted by molar-refractivity contribution is -0.122. The van der Waals surface area contributed by atoms with Crippen molar-refractivity contribution in [2.75, 3.05) is 44.7 Å². The summed E-state index contributed by atoms with van der Waals surface area (Å²) in [6.07, 6.45) is 0.239. The summed E-state index contributed by atoms with van der Waals surface area (Å²) in [5.74, 6) is -0.550. The van der Waals surface area contributed by atoms with Crippen molar-refractivity contribution in [3.05, 3.63) is 24.3 Å². The van der Waals surface area contributed by atoms with Gasteiger partial charge in [0.1, 0.15) is 0 Å². The molecule has 0 bridgehead atoms. The summed E-state index contributed by atoms with van der Waals surface area (Å²) in [4.78, 5) is 23.7. The second-order valence-corrected chi connectivity index (χ2v) is 8.13. The molecule has 3 N–H and O–H groups in total. The molecule has 0 aromatic heterocycles. The Bertz CT molecular complexity index is 777. The number of nitrogens with zero attached hydrogens (tertiary/aromatic N) is 1. The standard InChI is InChI=1S/C16H22N4O5S/c21-15(9-13-11-25-7-5-17-13)19-12-2-1-3-14(8-12)26(23,24)20-6-4-18-16(22)10-20/h1-3,8,13,17H,4-7,9-11H2,(H,18,22)(H,19,21). The van der Waals surface area contributed by atoms with Crippen LogP contribution in [0.1, 0.15) is 6.42 Å². The average Bonchev–Trinajstić information content (AvgIpc) is 2.62. The maximum absolute atomic E-state index is 12.7. The van der Waals surface area contributed by atoms with Crippen molar-refractivity contribution in [3.63, 3.8) is 0 Å². The third-order valence-corrected chi connectivity index (χ3v) is 6.03. The molecule has 26 heavy (non-hydrogen) atoms. The number of sulfonamides is 1. The number of nitrogens with one attached hydrogen (secondary N) is 3. The highest BCUT2D eigenvalue weighted by molar-refractivity contribution is 7.89. The molecule has 2 fully saturated rings. The normalized spacial score (nSPS) is 21.8. The first kappa shape index (κ1) is 18.8. The summed E-state index contributed by atoms with van der Waals surface area (Å²) in [6, 6.07) is 6.00. The largest absolute Gasteiger partial charge is 0.378 e. The predicted octanol–water partition coefficient (Wildman–Crippen LogP) is -0.876. The van der Waals surface area contributed by atoms with E-state index in [2.05, 4.69) is 16.0 Å². The zero-order chi connectivity index (χ0) is 18.6. The Morgan fingerprint density at radius 2 is 2.19 bits per heavy atom. The van der Waals surface area contributed by atoms with Crippen LogP contribution >= 0.6 is 0 Å². The Balaban J connectivity index is 1.67. The van der Waals surface area contributed by atoms with Gasteiger partial charge in [-0.3, -0.25) is 9.59 Å².